The number of aliphatic hydroxyl groups is 1. The lowest BCUT2D eigenvalue weighted by atomic mass is 10.1. The topological polar surface area (TPSA) is 71.2 Å². The number of aromatic nitrogens is 2. The van der Waals surface area contributed by atoms with E-state index in [0.717, 1.165) is 5.56 Å². The molecule has 1 atom stereocenters. The number of rotatable bonds is 5. The van der Waals surface area contributed by atoms with Crippen LogP contribution in [0.15, 0.2) is 28.8 Å². The molecule has 0 radical (unpaired) electrons. The number of hydrogen-bond donors (Lipinski definition) is 2. The summed E-state index contributed by atoms with van der Waals surface area (Å²) in [7, 11) is 0. The maximum absolute atomic E-state index is 10.0. The molecule has 102 valence electrons. The summed E-state index contributed by atoms with van der Waals surface area (Å²) in [4.78, 5) is 4.19. The summed E-state index contributed by atoms with van der Waals surface area (Å²) in [5.74, 6) is 0.883. The highest BCUT2D eigenvalue weighted by molar-refractivity contribution is 5.26. The monoisotopic (exact) mass is 261 g/mol. The predicted octanol–water partition coefficient (Wildman–Crippen LogP) is 2.65. The zero-order valence-corrected chi connectivity index (χ0v) is 11.4. The first-order chi connectivity index (χ1) is 9.06. The van der Waals surface area contributed by atoms with E-state index in [2.05, 4.69) is 15.5 Å². The summed E-state index contributed by atoms with van der Waals surface area (Å²) < 4.78 is 5.05. The fraction of sp³-hybridized carbons (Fsp3) is 0.429. The Morgan fingerprint density at radius 1 is 1.26 bits per heavy atom. The lowest BCUT2D eigenvalue weighted by Crippen LogP contribution is -2.12. The van der Waals surface area contributed by atoms with Crippen molar-refractivity contribution in [2.24, 2.45) is 0 Å². The molecule has 1 unspecified atom stereocenters. The van der Waals surface area contributed by atoms with Gasteiger partial charge in [0.05, 0.1) is 6.10 Å². The van der Waals surface area contributed by atoms with E-state index in [1.807, 2.05) is 45.0 Å². The molecular weight excluding hydrogens is 242 g/mol. The number of nitrogens with zero attached hydrogens (tertiary/aromatic N) is 2. The minimum Gasteiger partial charge on any atom is -0.387 e. The maximum Gasteiger partial charge on any atom is 0.321 e. The number of aryl methyl sites for hydroxylation is 1. The Bertz CT molecular complexity index is 520. The molecule has 0 saturated carbocycles. The van der Waals surface area contributed by atoms with E-state index in [4.69, 9.17) is 4.52 Å². The molecule has 19 heavy (non-hydrogen) atoms. The largest absolute Gasteiger partial charge is 0.387 e. The summed E-state index contributed by atoms with van der Waals surface area (Å²) >= 11 is 0. The van der Waals surface area contributed by atoms with E-state index in [0.29, 0.717) is 18.4 Å². The molecule has 0 aliphatic rings. The van der Waals surface area contributed by atoms with Gasteiger partial charge in [-0.3, -0.25) is 0 Å². The molecule has 0 fully saturated rings. The second-order valence-electron chi connectivity index (χ2n) is 4.92. The van der Waals surface area contributed by atoms with Crippen LogP contribution in [0.25, 0.3) is 0 Å². The van der Waals surface area contributed by atoms with Crippen molar-refractivity contribution in [3.63, 3.8) is 0 Å². The van der Waals surface area contributed by atoms with Crippen LogP contribution in [0.5, 0.6) is 0 Å². The second-order valence-corrected chi connectivity index (χ2v) is 4.92. The van der Waals surface area contributed by atoms with E-state index < -0.39 is 6.10 Å². The van der Waals surface area contributed by atoms with Gasteiger partial charge in [0.15, 0.2) is 5.82 Å². The molecule has 1 aromatic carbocycles. The number of benzene rings is 1. The first-order valence-corrected chi connectivity index (χ1v) is 6.38. The third-order valence-electron chi connectivity index (χ3n) is 2.87. The van der Waals surface area contributed by atoms with Gasteiger partial charge in [0.2, 0.25) is 0 Å². The van der Waals surface area contributed by atoms with Crippen molar-refractivity contribution in [1.29, 1.82) is 0 Å². The quantitative estimate of drug-likeness (QED) is 0.865. The van der Waals surface area contributed by atoms with Gasteiger partial charge in [-0.05, 0) is 12.5 Å². The van der Waals surface area contributed by atoms with E-state index in [9.17, 15) is 5.11 Å². The molecule has 1 aromatic heterocycles. The van der Waals surface area contributed by atoms with Gasteiger partial charge in [0, 0.05) is 12.5 Å². The summed E-state index contributed by atoms with van der Waals surface area (Å²) in [6, 6.07) is 8.11. The van der Waals surface area contributed by atoms with E-state index in [-0.39, 0.29) is 5.92 Å². The predicted molar refractivity (Wildman–Crippen MR) is 73.0 cm³/mol. The first-order valence-electron chi connectivity index (χ1n) is 6.38. The van der Waals surface area contributed by atoms with Crippen LogP contribution in [0.3, 0.4) is 0 Å². The van der Waals surface area contributed by atoms with Gasteiger partial charge in [0.1, 0.15) is 0 Å². The van der Waals surface area contributed by atoms with Gasteiger partial charge in [-0.25, -0.2) is 0 Å². The van der Waals surface area contributed by atoms with Gasteiger partial charge in [-0.15, -0.1) is 0 Å². The summed E-state index contributed by atoms with van der Waals surface area (Å²) in [5, 5.41) is 16.8. The number of aliphatic hydroxyl groups excluding tert-OH is 1. The van der Waals surface area contributed by atoms with Crippen LogP contribution in [0.1, 0.15) is 42.8 Å². The number of hydrogen-bond acceptors (Lipinski definition) is 5. The molecule has 0 spiro atoms. The van der Waals surface area contributed by atoms with Crippen LogP contribution >= 0.6 is 0 Å². The van der Waals surface area contributed by atoms with Gasteiger partial charge in [0.25, 0.3) is 0 Å². The second kappa shape index (κ2) is 5.84. The highest BCUT2D eigenvalue weighted by Crippen LogP contribution is 2.16. The summed E-state index contributed by atoms with van der Waals surface area (Å²) in [6.45, 7) is 6.34. The Morgan fingerprint density at radius 2 is 1.95 bits per heavy atom. The molecule has 0 saturated heterocycles. The molecule has 5 nitrogen and oxygen atoms in total. The molecule has 2 N–H and O–H groups in total. The van der Waals surface area contributed by atoms with E-state index in [1.54, 1.807) is 0 Å². The Labute approximate surface area is 112 Å². The fourth-order valence-corrected chi connectivity index (χ4v) is 1.63. The SMILES string of the molecule is Cc1ccc(C(O)CNc2nc(C(C)C)no2)cc1. The van der Waals surface area contributed by atoms with Crippen LogP contribution in [-0.4, -0.2) is 21.8 Å². The molecule has 1 heterocycles. The number of anilines is 1. The zero-order valence-electron chi connectivity index (χ0n) is 11.4. The smallest absolute Gasteiger partial charge is 0.321 e. The standard InChI is InChI=1S/C14H19N3O2/c1-9(2)13-16-14(19-17-13)15-8-12(18)11-6-4-10(3)5-7-11/h4-7,9,12,18H,8H2,1-3H3,(H,15,16,17). The Kier molecular flexibility index (Phi) is 4.16. The normalized spacial score (nSPS) is 12.7. The molecule has 2 rings (SSSR count). The molecule has 2 aromatic rings. The van der Waals surface area contributed by atoms with Crippen molar-refractivity contribution in [2.75, 3.05) is 11.9 Å². The third-order valence-corrected chi connectivity index (χ3v) is 2.87. The fourth-order valence-electron chi connectivity index (χ4n) is 1.63. The van der Waals surface area contributed by atoms with Crippen LogP contribution < -0.4 is 5.32 Å². The van der Waals surface area contributed by atoms with Crippen molar-refractivity contribution >= 4 is 6.01 Å². The Balaban J connectivity index is 1.92. The van der Waals surface area contributed by atoms with Crippen molar-refractivity contribution in [3.8, 4) is 0 Å². The van der Waals surface area contributed by atoms with Crippen LogP contribution in [0, 0.1) is 6.92 Å². The lowest BCUT2D eigenvalue weighted by Gasteiger charge is -2.10. The summed E-state index contributed by atoms with van der Waals surface area (Å²) in [5.41, 5.74) is 2.03. The molecule has 0 aliphatic heterocycles. The van der Waals surface area contributed by atoms with Crippen LogP contribution in [-0.2, 0) is 0 Å². The average Bonchev–Trinajstić information content (AvgIpc) is 2.86. The van der Waals surface area contributed by atoms with Gasteiger partial charge >= 0.3 is 6.01 Å². The van der Waals surface area contributed by atoms with Crippen LogP contribution in [0.4, 0.5) is 6.01 Å². The molecule has 0 bridgehead atoms. The molecular formula is C14H19N3O2. The maximum atomic E-state index is 10.0. The average molecular weight is 261 g/mol. The lowest BCUT2D eigenvalue weighted by molar-refractivity contribution is 0.190. The molecule has 5 heteroatoms. The first kappa shape index (κ1) is 13.5. The molecule has 0 amide bonds. The van der Waals surface area contributed by atoms with Gasteiger partial charge < -0.3 is 14.9 Å². The van der Waals surface area contributed by atoms with Crippen LogP contribution in [0.2, 0.25) is 0 Å². The minimum atomic E-state index is -0.602. The highest BCUT2D eigenvalue weighted by atomic mass is 16.5. The van der Waals surface area contributed by atoms with Crippen molar-refractivity contribution in [2.45, 2.75) is 32.8 Å². The summed E-state index contributed by atoms with van der Waals surface area (Å²) in [6.07, 6.45) is -0.602. The zero-order chi connectivity index (χ0) is 13.8. The van der Waals surface area contributed by atoms with Crippen molar-refractivity contribution in [1.82, 2.24) is 10.1 Å². The number of nitrogens with one attached hydrogen (secondary N) is 1. The van der Waals surface area contributed by atoms with E-state index >= 15 is 0 Å². The van der Waals surface area contributed by atoms with Gasteiger partial charge in [-0.1, -0.05) is 48.8 Å². The van der Waals surface area contributed by atoms with Crippen molar-refractivity contribution < 1.29 is 9.63 Å². The van der Waals surface area contributed by atoms with E-state index in [1.165, 1.54) is 5.56 Å². The molecule has 0 aliphatic carbocycles. The van der Waals surface area contributed by atoms with Gasteiger partial charge in [-0.2, -0.15) is 4.98 Å². The Hall–Kier alpha value is -1.88. The van der Waals surface area contributed by atoms with Crippen molar-refractivity contribution in [3.05, 3.63) is 41.2 Å². The third kappa shape index (κ3) is 3.54. The Morgan fingerprint density at radius 3 is 2.53 bits per heavy atom. The highest BCUT2D eigenvalue weighted by Gasteiger charge is 2.12. The minimum absolute atomic E-state index is 0.223.